The maximum absolute atomic E-state index is 11.1. The second-order valence-electron chi connectivity index (χ2n) is 4.11. The Hall–Kier alpha value is -0.330. The van der Waals surface area contributed by atoms with Crippen molar-refractivity contribution in [3.05, 3.63) is 0 Å². The molecule has 0 spiro atoms. The third kappa shape index (κ3) is 2.05. The van der Waals surface area contributed by atoms with Crippen molar-refractivity contribution in [1.82, 2.24) is 0 Å². The molecule has 1 rings (SSSR count). The van der Waals surface area contributed by atoms with Crippen molar-refractivity contribution in [3.63, 3.8) is 0 Å². The predicted octanol–water partition coefficient (Wildman–Crippen LogP) is 2.65. The molecule has 64 valence electrons. The molecule has 1 saturated carbocycles. The Morgan fingerprint density at radius 3 is 2.36 bits per heavy atom. The molecule has 0 N–H and O–H groups in total. The smallest absolute Gasteiger partial charge is 0.133 e. The van der Waals surface area contributed by atoms with Crippen molar-refractivity contribution in [2.75, 3.05) is 0 Å². The van der Waals surface area contributed by atoms with Crippen LogP contribution in [0.4, 0.5) is 0 Å². The number of rotatable bonds is 1. The lowest BCUT2D eigenvalue weighted by atomic mass is 9.74. The number of carbonyl (C=O) groups is 1. The van der Waals surface area contributed by atoms with Gasteiger partial charge < -0.3 is 0 Å². The highest BCUT2D eigenvalue weighted by Gasteiger charge is 2.27. The lowest BCUT2D eigenvalue weighted by molar-refractivity contribution is -0.123. The summed E-state index contributed by atoms with van der Waals surface area (Å²) in [6.45, 7) is 6.23. The van der Waals surface area contributed by atoms with Gasteiger partial charge in [-0.25, -0.2) is 0 Å². The first-order valence-corrected chi connectivity index (χ1v) is 4.61. The van der Waals surface area contributed by atoms with Crippen molar-refractivity contribution < 1.29 is 4.79 Å². The van der Waals surface area contributed by atoms with Gasteiger partial charge in [0.2, 0.25) is 0 Å². The molecule has 0 aromatic carbocycles. The standard InChI is InChI=1S/C10H18O/c1-7-4-5-10(9(3)11)8(2)6-7/h7-8,10H,4-6H2,1-3H3/t7-,8-,10?/m1/s1. The van der Waals surface area contributed by atoms with Gasteiger partial charge in [0.15, 0.2) is 0 Å². The van der Waals surface area contributed by atoms with E-state index in [9.17, 15) is 4.79 Å². The third-order valence-corrected chi connectivity index (χ3v) is 2.95. The first kappa shape index (κ1) is 8.76. The maximum Gasteiger partial charge on any atom is 0.133 e. The molecule has 0 aromatic heterocycles. The van der Waals surface area contributed by atoms with E-state index in [1.165, 1.54) is 12.8 Å². The average molecular weight is 154 g/mol. The van der Waals surface area contributed by atoms with Crippen LogP contribution in [0.15, 0.2) is 0 Å². The molecule has 1 unspecified atom stereocenters. The summed E-state index contributed by atoms with van der Waals surface area (Å²) in [5, 5.41) is 0. The minimum absolute atomic E-state index is 0.367. The Labute approximate surface area is 69.2 Å². The van der Waals surface area contributed by atoms with Crippen LogP contribution < -0.4 is 0 Å². The van der Waals surface area contributed by atoms with Crippen LogP contribution in [0.3, 0.4) is 0 Å². The van der Waals surface area contributed by atoms with Gasteiger partial charge in [0.25, 0.3) is 0 Å². The topological polar surface area (TPSA) is 17.1 Å². The van der Waals surface area contributed by atoms with Crippen LogP contribution in [0.1, 0.15) is 40.0 Å². The van der Waals surface area contributed by atoms with Gasteiger partial charge in [0.05, 0.1) is 0 Å². The van der Waals surface area contributed by atoms with Crippen molar-refractivity contribution in [2.24, 2.45) is 17.8 Å². The molecule has 0 aliphatic heterocycles. The van der Waals surface area contributed by atoms with Crippen LogP contribution >= 0.6 is 0 Å². The van der Waals surface area contributed by atoms with Gasteiger partial charge in [-0.3, -0.25) is 4.79 Å². The fourth-order valence-corrected chi connectivity index (χ4v) is 2.27. The van der Waals surface area contributed by atoms with Crippen molar-refractivity contribution in [3.8, 4) is 0 Å². The number of hydrogen-bond donors (Lipinski definition) is 0. The number of carbonyl (C=O) groups excluding carboxylic acids is 1. The number of Topliss-reactive ketones (excluding diaryl/α,β-unsaturated/α-hetero) is 1. The van der Waals surface area contributed by atoms with Crippen LogP contribution in [0, 0.1) is 17.8 Å². The largest absolute Gasteiger partial charge is 0.300 e. The van der Waals surface area contributed by atoms with E-state index in [0.717, 1.165) is 12.3 Å². The highest BCUT2D eigenvalue weighted by Crippen LogP contribution is 2.33. The molecule has 3 atom stereocenters. The Morgan fingerprint density at radius 2 is 1.91 bits per heavy atom. The van der Waals surface area contributed by atoms with E-state index >= 15 is 0 Å². The second kappa shape index (κ2) is 3.38. The quantitative estimate of drug-likeness (QED) is 0.567. The summed E-state index contributed by atoms with van der Waals surface area (Å²) in [5.41, 5.74) is 0. The highest BCUT2D eigenvalue weighted by molar-refractivity contribution is 5.78. The summed E-state index contributed by atoms with van der Waals surface area (Å²) in [4.78, 5) is 11.1. The molecule has 0 amide bonds. The van der Waals surface area contributed by atoms with E-state index in [0.29, 0.717) is 17.6 Å². The van der Waals surface area contributed by atoms with E-state index in [2.05, 4.69) is 13.8 Å². The summed E-state index contributed by atoms with van der Waals surface area (Å²) in [6.07, 6.45) is 3.61. The fourth-order valence-electron chi connectivity index (χ4n) is 2.27. The summed E-state index contributed by atoms with van der Waals surface area (Å²) in [5.74, 6) is 2.22. The lowest BCUT2D eigenvalue weighted by Gasteiger charge is -2.30. The number of ketones is 1. The molecule has 0 bridgehead atoms. The zero-order valence-electron chi connectivity index (χ0n) is 7.76. The lowest BCUT2D eigenvalue weighted by Crippen LogP contribution is -2.26. The van der Waals surface area contributed by atoms with Crippen LogP contribution in [0.2, 0.25) is 0 Å². The van der Waals surface area contributed by atoms with Gasteiger partial charge in [0.1, 0.15) is 5.78 Å². The molecule has 0 radical (unpaired) electrons. The molecule has 1 aliphatic rings. The summed E-state index contributed by atoms with van der Waals surface area (Å²) < 4.78 is 0. The minimum Gasteiger partial charge on any atom is -0.300 e. The molecule has 0 heterocycles. The van der Waals surface area contributed by atoms with Gasteiger partial charge >= 0.3 is 0 Å². The van der Waals surface area contributed by atoms with E-state index in [1.807, 2.05) is 0 Å². The van der Waals surface area contributed by atoms with Gasteiger partial charge in [-0.2, -0.15) is 0 Å². The zero-order chi connectivity index (χ0) is 8.43. The second-order valence-corrected chi connectivity index (χ2v) is 4.11. The zero-order valence-corrected chi connectivity index (χ0v) is 7.76. The molecule has 1 fully saturated rings. The predicted molar refractivity (Wildman–Crippen MR) is 46.4 cm³/mol. The molecule has 1 nitrogen and oxygen atoms in total. The van der Waals surface area contributed by atoms with E-state index < -0.39 is 0 Å². The Kier molecular flexibility index (Phi) is 2.69. The van der Waals surface area contributed by atoms with Crippen LogP contribution in [-0.2, 0) is 4.79 Å². The van der Waals surface area contributed by atoms with Crippen LogP contribution in [0.25, 0.3) is 0 Å². The van der Waals surface area contributed by atoms with E-state index in [-0.39, 0.29) is 0 Å². The van der Waals surface area contributed by atoms with Crippen LogP contribution in [0.5, 0.6) is 0 Å². The SMILES string of the molecule is CC(=O)C1CC[C@@H](C)C[C@H]1C. The summed E-state index contributed by atoms with van der Waals surface area (Å²) in [7, 11) is 0. The molecular formula is C10H18O. The summed E-state index contributed by atoms with van der Waals surface area (Å²) >= 11 is 0. The van der Waals surface area contributed by atoms with Crippen molar-refractivity contribution in [1.29, 1.82) is 0 Å². The molecule has 11 heavy (non-hydrogen) atoms. The van der Waals surface area contributed by atoms with Gasteiger partial charge in [-0.1, -0.05) is 20.3 Å². The van der Waals surface area contributed by atoms with Gasteiger partial charge in [-0.15, -0.1) is 0 Å². The Morgan fingerprint density at radius 1 is 1.27 bits per heavy atom. The molecular weight excluding hydrogens is 136 g/mol. The third-order valence-electron chi connectivity index (χ3n) is 2.95. The fraction of sp³-hybridized carbons (Fsp3) is 0.900. The Bertz CT molecular complexity index is 151. The minimum atomic E-state index is 0.367. The molecule has 0 saturated heterocycles. The van der Waals surface area contributed by atoms with Gasteiger partial charge in [-0.05, 0) is 31.6 Å². The Balaban J connectivity index is 2.50. The molecule has 1 aliphatic carbocycles. The molecule has 1 heteroatoms. The first-order chi connectivity index (χ1) is 5.11. The first-order valence-electron chi connectivity index (χ1n) is 4.61. The van der Waals surface area contributed by atoms with E-state index in [1.54, 1.807) is 6.92 Å². The van der Waals surface area contributed by atoms with Crippen molar-refractivity contribution in [2.45, 2.75) is 40.0 Å². The van der Waals surface area contributed by atoms with Gasteiger partial charge in [0, 0.05) is 5.92 Å². The monoisotopic (exact) mass is 154 g/mol. The van der Waals surface area contributed by atoms with E-state index in [4.69, 9.17) is 0 Å². The maximum atomic E-state index is 11.1. The molecule has 0 aromatic rings. The number of hydrogen-bond acceptors (Lipinski definition) is 1. The average Bonchev–Trinajstić information content (AvgIpc) is 1.85. The highest BCUT2D eigenvalue weighted by atomic mass is 16.1. The normalized spacial score (nSPS) is 38.6. The summed E-state index contributed by atoms with van der Waals surface area (Å²) in [6, 6.07) is 0. The van der Waals surface area contributed by atoms with Crippen molar-refractivity contribution >= 4 is 5.78 Å². The van der Waals surface area contributed by atoms with Crippen LogP contribution in [-0.4, -0.2) is 5.78 Å².